The number of aromatic nitrogens is 1. The van der Waals surface area contributed by atoms with Crippen LogP contribution in [0, 0.1) is 11.8 Å². The van der Waals surface area contributed by atoms with E-state index in [0.29, 0.717) is 25.0 Å². The maximum atomic E-state index is 5.94. The van der Waals surface area contributed by atoms with Crippen molar-refractivity contribution in [1.82, 2.24) is 4.98 Å². The van der Waals surface area contributed by atoms with E-state index in [-0.39, 0.29) is 23.4 Å². The summed E-state index contributed by atoms with van der Waals surface area (Å²) < 4.78 is 23.1. The predicted molar refractivity (Wildman–Crippen MR) is 111 cm³/mol. The first-order valence-electron chi connectivity index (χ1n) is 10.1. The third kappa shape index (κ3) is 9.05. The van der Waals surface area contributed by atoms with Gasteiger partial charge in [-0.2, -0.15) is 0 Å². The zero-order valence-corrected chi connectivity index (χ0v) is 18.4. The van der Waals surface area contributed by atoms with Crippen LogP contribution in [0.2, 0.25) is 0 Å². The number of rotatable bonds is 7. The largest absolute Gasteiger partial charge is 0.489 e. The first-order chi connectivity index (χ1) is 13.0. The van der Waals surface area contributed by atoms with Crippen molar-refractivity contribution in [3.05, 3.63) is 24.0 Å². The summed E-state index contributed by atoms with van der Waals surface area (Å²) in [5, 5.41) is 0. The maximum absolute atomic E-state index is 5.94. The molecule has 0 aromatic carbocycles. The second kappa shape index (κ2) is 9.73. The molecule has 1 unspecified atom stereocenters. The highest BCUT2D eigenvalue weighted by atomic mass is 16.5. The van der Waals surface area contributed by atoms with Gasteiger partial charge in [-0.15, -0.1) is 0 Å². The minimum absolute atomic E-state index is 0.0992. The van der Waals surface area contributed by atoms with Gasteiger partial charge in [-0.05, 0) is 66.5 Å². The Labute approximate surface area is 170 Å². The lowest BCUT2D eigenvalue weighted by atomic mass is 9.91. The van der Waals surface area contributed by atoms with Gasteiger partial charge in [0.15, 0.2) is 0 Å². The molecule has 5 nitrogen and oxygen atoms in total. The van der Waals surface area contributed by atoms with Crippen LogP contribution in [0.25, 0.3) is 0 Å². The Morgan fingerprint density at radius 3 is 2.32 bits per heavy atom. The lowest BCUT2D eigenvalue weighted by molar-refractivity contribution is -0.126. The fourth-order valence-corrected chi connectivity index (χ4v) is 2.72. The van der Waals surface area contributed by atoms with Gasteiger partial charge < -0.3 is 18.9 Å². The topological polar surface area (TPSA) is 49.8 Å². The molecule has 1 aromatic heterocycles. The van der Waals surface area contributed by atoms with Crippen LogP contribution < -0.4 is 4.74 Å². The van der Waals surface area contributed by atoms with E-state index in [1.165, 1.54) is 0 Å². The zero-order chi connectivity index (χ0) is 20.8. The Bertz CT molecular complexity index is 655. The number of pyridine rings is 1. The summed E-state index contributed by atoms with van der Waals surface area (Å²) >= 11 is 0. The van der Waals surface area contributed by atoms with Gasteiger partial charge in [-0.3, -0.25) is 0 Å². The van der Waals surface area contributed by atoms with Crippen LogP contribution in [0.4, 0.5) is 0 Å². The Morgan fingerprint density at radius 2 is 1.75 bits per heavy atom. The summed E-state index contributed by atoms with van der Waals surface area (Å²) in [6, 6.07) is 3.79. The molecule has 1 aliphatic rings. The summed E-state index contributed by atoms with van der Waals surface area (Å²) in [6.07, 6.45) is 3.90. The van der Waals surface area contributed by atoms with Gasteiger partial charge in [0.05, 0.1) is 36.7 Å². The lowest BCUT2D eigenvalue weighted by Gasteiger charge is -2.39. The molecule has 0 aliphatic heterocycles. The van der Waals surface area contributed by atoms with Crippen LogP contribution >= 0.6 is 0 Å². The van der Waals surface area contributed by atoms with Crippen molar-refractivity contribution in [1.29, 1.82) is 0 Å². The molecule has 2 rings (SSSR count). The first-order valence-corrected chi connectivity index (χ1v) is 10.1. The van der Waals surface area contributed by atoms with E-state index in [0.717, 1.165) is 18.6 Å². The van der Waals surface area contributed by atoms with E-state index >= 15 is 0 Å². The average molecular weight is 390 g/mol. The number of hydrogen-bond donors (Lipinski definition) is 0. The van der Waals surface area contributed by atoms with Gasteiger partial charge in [-0.1, -0.05) is 5.92 Å². The van der Waals surface area contributed by atoms with E-state index in [1.54, 1.807) is 6.20 Å². The van der Waals surface area contributed by atoms with Crippen molar-refractivity contribution >= 4 is 0 Å². The molecule has 1 heterocycles. The summed E-state index contributed by atoms with van der Waals surface area (Å²) in [6.45, 7) is 15.3. The van der Waals surface area contributed by atoms with Gasteiger partial charge >= 0.3 is 0 Å². The molecule has 0 radical (unpaired) electrons. The molecule has 1 atom stereocenters. The Morgan fingerprint density at radius 1 is 1.04 bits per heavy atom. The molecule has 0 amide bonds. The van der Waals surface area contributed by atoms with Gasteiger partial charge in [0.25, 0.3) is 0 Å². The van der Waals surface area contributed by atoms with Gasteiger partial charge in [0.2, 0.25) is 0 Å². The highest BCUT2D eigenvalue weighted by molar-refractivity contribution is 5.32. The standard InChI is InChI=1S/C23H35NO4/c1-17(25-12-13-26-22(2,3)4)8-9-18-10-11-19(16-24-18)27-20-14-21(15-20)28-23(5,6)7/h10-11,16-17,20-21H,12-15H2,1-7H3. The zero-order valence-electron chi connectivity index (χ0n) is 18.4. The lowest BCUT2D eigenvalue weighted by Crippen LogP contribution is -2.43. The maximum Gasteiger partial charge on any atom is 0.138 e. The fraction of sp³-hybridized carbons (Fsp3) is 0.696. The smallest absolute Gasteiger partial charge is 0.138 e. The molecule has 1 saturated carbocycles. The van der Waals surface area contributed by atoms with E-state index < -0.39 is 0 Å². The predicted octanol–water partition coefficient (Wildman–Crippen LogP) is 4.38. The molecule has 1 fully saturated rings. The monoisotopic (exact) mass is 389 g/mol. The molecule has 156 valence electrons. The van der Waals surface area contributed by atoms with E-state index in [1.807, 2.05) is 39.8 Å². The van der Waals surface area contributed by atoms with Crippen molar-refractivity contribution in [3.8, 4) is 17.6 Å². The second-order valence-electron chi connectivity index (χ2n) is 9.19. The highest BCUT2D eigenvalue weighted by Crippen LogP contribution is 2.30. The molecule has 5 heteroatoms. The molecule has 0 saturated heterocycles. The third-order valence-electron chi connectivity index (χ3n) is 4.00. The average Bonchev–Trinajstić information content (AvgIpc) is 2.54. The number of hydrogen-bond acceptors (Lipinski definition) is 5. The van der Waals surface area contributed by atoms with Crippen LogP contribution in [-0.4, -0.2) is 47.7 Å². The van der Waals surface area contributed by atoms with E-state index in [4.69, 9.17) is 18.9 Å². The fourth-order valence-electron chi connectivity index (χ4n) is 2.72. The van der Waals surface area contributed by atoms with Crippen molar-refractivity contribution < 1.29 is 18.9 Å². The van der Waals surface area contributed by atoms with Crippen molar-refractivity contribution in [3.63, 3.8) is 0 Å². The van der Waals surface area contributed by atoms with Crippen LogP contribution in [0.1, 0.15) is 67.0 Å². The summed E-state index contributed by atoms with van der Waals surface area (Å²) in [5.41, 5.74) is 0.459. The van der Waals surface area contributed by atoms with Crippen molar-refractivity contribution in [2.24, 2.45) is 0 Å². The van der Waals surface area contributed by atoms with Gasteiger partial charge in [0, 0.05) is 12.8 Å². The number of ether oxygens (including phenoxy) is 4. The second-order valence-corrected chi connectivity index (χ2v) is 9.19. The first kappa shape index (κ1) is 22.7. The third-order valence-corrected chi connectivity index (χ3v) is 4.00. The number of nitrogens with zero attached hydrogens (tertiary/aromatic N) is 1. The molecule has 0 N–H and O–H groups in total. The quantitative estimate of drug-likeness (QED) is 0.512. The van der Waals surface area contributed by atoms with Crippen LogP contribution in [0.15, 0.2) is 18.3 Å². The molecule has 0 bridgehead atoms. The van der Waals surface area contributed by atoms with Gasteiger partial charge in [0.1, 0.15) is 23.7 Å². The summed E-state index contributed by atoms with van der Waals surface area (Å²) in [7, 11) is 0. The minimum atomic E-state index is -0.170. The van der Waals surface area contributed by atoms with E-state index in [9.17, 15) is 0 Å². The van der Waals surface area contributed by atoms with Crippen LogP contribution in [0.5, 0.6) is 5.75 Å². The van der Waals surface area contributed by atoms with Crippen LogP contribution in [-0.2, 0) is 14.2 Å². The molecule has 0 spiro atoms. The summed E-state index contributed by atoms with van der Waals surface area (Å²) in [4.78, 5) is 4.36. The molecular formula is C23H35NO4. The Balaban J connectivity index is 1.70. The molecule has 28 heavy (non-hydrogen) atoms. The Kier molecular flexibility index (Phi) is 7.88. The Hall–Kier alpha value is -1.61. The van der Waals surface area contributed by atoms with Crippen LogP contribution in [0.3, 0.4) is 0 Å². The van der Waals surface area contributed by atoms with E-state index in [2.05, 4.69) is 37.6 Å². The molecule has 1 aliphatic carbocycles. The summed E-state index contributed by atoms with van der Waals surface area (Å²) in [5.74, 6) is 6.87. The van der Waals surface area contributed by atoms with Gasteiger partial charge in [-0.25, -0.2) is 4.98 Å². The highest BCUT2D eigenvalue weighted by Gasteiger charge is 2.34. The minimum Gasteiger partial charge on any atom is -0.489 e. The molecule has 1 aromatic rings. The SMILES string of the molecule is CC(C#Cc1ccc(OC2CC(OC(C)(C)C)C2)cn1)OCCOC(C)(C)C. The van der Waals surface area contributed by atoms with Crippen molar-refractivity contribution in [2.75, 3.05) is 13.2 Å². The molecular weight excluding hydrogens is 354 g/mol. The normalized spacial score (nSPS) is 20.7. The van der Waals surface area contributed by atoms with Crippen molar-refractivity contribution in [2.45, 2.75) is 90.8 Å².